The molecular formula is C23H29N3O5S. The number of thiol groups is 1. The molecule has 2 atom stereocenters. The van der Waals surface area contributed by atoms with Crippen LogP contribution in [0.25, 0.3) is 11.3 Å². The van der Waals surface area contributed by atoms with E-state index in [-0.39, 0.29) is 18.2 Å². The fourth-order valence-electron chi connectivity index (χ4n) is 3.86. The number of pyridine rings is 1. The topological polar surface area (TPSA) is 122 Å². The summed E-state index contributed by atoms with van der Waals surface area (Å²) in [6.45, 7) is 3.76. The van der Waals surface area contributed by atoms with Gasteiger partial charge in [0.15, 0.2) is 0 Å². The minimum Gasteiger partial charge on any atom is -0.480 e. The zero-order chi connectivity index (χ0) is 23.3. The number of hydrogen-bond acceptors (Lipinski definition) is 6. The van der Waals surface area contributed by atoms with Crippen molar-refractivity contribution in [2.45, 2.75) is 62.8 Å². The number of aromatic nitrogens is 1. The Hall–Kier alpha value is -2.81. The second-order valence-electron chi connectivity index (χ2n) is 8.60. The summed E-state index contributed by atoms with van der Waals surface area (Å²) in [5, 5.41) is 14.7. The number of hydrogen-bond donors (Lipinski definition) is 4. The van der Waals surface area contributed by atoms with Gasteiger partial charge in [-0.3, -0.25) is 14.6 Å². The summed E-state index contributed by atoms with van der Waals surface area (Å²) >= 11 is 4.35. The lowest BCUT2D eigenvalue weighted by Gasteiger charge is -2.32. The normalized spacial score (nSPS) is 17.0. The lowest BCUT2D eigenvalue weighted by molar-refractivity contribution is -0.143. The zero-order valence-electron chi connectivity index (χ0n) is 18.2. The van der Waals surface area contributed by atoms with Gasteiger partial charge in [-0.05, 0) is 36.5 Å². The Morgan fingerprint density at radius 2 is 1.94 bits per heavy atom. The molecular weight excluding hydrogens is 430 g/mol. The van der Waals surface area contributed by atoms with Gasteiger partial charge in [-0.25, -0.2) is 4.79 Å². The smallest absolute Gasteiger partial charge is 0.326 e. The van der Waals surface area contributed by atoms with E-state index >= 15 is 0 Å². The molecule has 8 nitrogen and oxygen atoms in total. The number of rotatable bonds is 9. The molecule has 0 bridgehead atoms. The number of aliphatic carboxylic acids is 1. The van der Waals surface area contributed by atoms with Gasteiger partial charge in [-0.1, -0.05) is 32.8 Å². The first-order valence-corrected chi connectivity index (χ1v) is 11.2. The van der Waals surface area contributed by atoms with Crippen LogP contribution in [0.3, 0.4) is 0 Å². The van der Waals surface area contributed by atoms with Crippen LogP contribution >= 0.6 is 12.6 Å². The average Bonchev–Trinajstić information content (AvgIpc) is 3.46. The first-order chi connectivity index (χ1) is 15.2. The van der Waals surface area contributed by atoms with Gasteiger partial charge in [0, 0.05) is 18.2 Å². The highest BCUT2D eigenvalue weighted by atomic mass is 32.1. The molecule has 3 N–H and O–H groups in total. The third-order valence-corrected chi connectivity index (χ3v) is 6.67. The Kier molecular flexibility index (Phi) is 7.60. The van der Waals surface area contributed by atoms with E-state index in [9.17, 15) is 19.5 Å². The lowest BCUT2D eigenvalue weighted by Crippen LogP contribution is -2.61. The summed E-state index contributed by atoms with van der Waals surface area (Å²) in [4.78, 5) is 42.0. The molecule has 0 aromatic carbocycles. The molecule has 1 fully saturated rings. The summed E-state index contributed by atoms with van der Waals surface area (Å²) < 4.78 is 5.05. The molecule has 1 unspecified atom stereocenters. The van der Waals surface area contributed by atoms with E-state index in [1.165, 1.54) is 0 Å². The maximum absolute atomic E-state index is 13.2. The van der Waals surface area contributed by atoms with Crippen LogP contribution in [-0.4, -0.2) is 44.7 Å². The van der Waals surface area contributed by atoms with Gasteiger partial charge in [-0.2, -0.15) is 12.6 Å². The van der Waals surface area contributed by atoms with Crippen LogP contribution in [0.1, 0.15) is 45.1 Å². The van der Waals surface area contributed by atoms with Crippen LogP contribution in [0.4, 0.5) is 0 Å². The predicted octanol–water partition coefficient (Wildman–Crippen LogP) is 2.84. The molecule has 2 amide bonds. The number of amides is 2. The molecule has 1 saturated carbocycles. The average molecular weight is 460 g/mol. The standard InChI is InChI=1S/C23H29N3O5S/c1-14(2)19(32)20(27)26-23(8-3-4-9-23)22(30)25-18(21(28)29)11-15-5-6-17(24-12-15)16-7-10-31-13-16/h5-7,10,12-14,18-19,32H,3-4,8-9,11H2,1-2H3,(H,25,30)(H,26,27)(H,28,29)/t18?,19-/m0/s1. The van der Waals surface area contributed by atoms with Crippen molar-refractivity contribution >= 4 is 30.4 Å². The van der Waals surface area contributed by atoms with E-state index < -0.39 is 28.7 Å². The molecule has 2 heterocycles. The first kappa shape index (κ1) is 23.8. The monoisotopic (exact) mass is 459 g/mol. The number of carboxylic acids is 1. The van der Waals surface area contributed by atoms with Crippen molar-refractivity contribution in [3.63, 3.8) is 0 Å². The van der Waals surface area contributed by atoms with Crippen LogP contribution in [0.15, 0.2) is 41.3 Å². The minimum absolute atomic E-state index is 0.00383. The summed E-state index contributed by atoms with van der Waals surface area (Å²) in [5.74, 6) is -1.93. The molecule has 0 radical (unpaired) electrons. The van der Waals surface area contributed by atoms with Gasteiger partial charge < -0.3 is 20.2 Å². The molecule has 0 spiro atoms. The molecule has 1 aliphatic carbocycles. The third kappa shape index (κ3) is 5.51. The number of carbonyl (C=O) groups excluding carboxylic acids is 2. The highest BCUT2D eigenvalue weighted by Crippen LogP contribution is 2.31. The number of furan rings is 1. The van der Waals surface area contributed by atoms with E-state index in [1.807, 2.05) is 13.8 Å². The second-order valence-corrected chi connectivity index (χ2v) is 9.16. The third-order valence-electron chi connectivity index (χ3n) is 5.84. The Morgan fingerprint density at radius 1 is 1.22 bits per heavy atom. The molecule has 9 heteroatoms. The molecule has 0 aliphatic heterocycles. The van der Waals surface area contributed by atoms with Crippen LogP contribution in [0.5, 0.6) is 0 Å². The molecule has 1 aliphatic rings. The van der Waals surface area contributed by atoms with Crippen molar-refractivity contribution in [2.75, 3.05) is 0 Å². The highest BCUT2D eigenvalue weighted by Gasteiger charge is 2.44. The first-order valence-electron chi connectivity index (χ1n) is 10.7. The number of carboxylic acid groups (broad SMARTS) is 1. The highest BCUT2D eigenvalue weighted by molar-refractivity contribution is 7.81. The second kappa shape index (κ2) is 10.2. The van der Waals surface area contributed by atoms with E-state index in [2.05, 4.69) is 28.2 Å². The largest absolute Gasteiger partial charge is 0.480 e. The predicted molar refractivity (Wildman–Crippen MR) is 122 cm³/mol. The lowest BCUT2D eigenvalue weighted by atomic mass is 9.94. The fraction of sp³-hybridized carbons (Fsp3) is 0.478. The van der Waals surface area contributed by atoms with Crippen molar-refractivity contribution in [1.29, 1.82) is 0 Å². The van der Waals surface area contributed by atoms with Crippen molar-refractivity contribution in [3.05, 3.63) is 42.5 Å². The molecule has 32 heavy (non-hydrogen) atoms. The Bertz CT molecular complexity index is 937. The minimum atomic E-state index is -1.15. The summed E-state index contributed by atoms with van der Waals surface area (Å²) in [6.07, 6.45) is 7.29. The quantitative estimate of drug-likeness (QED) is 0.428. The van der Waals surface area contributed by atoms with E-state index in [0.717, 1.165) is 18.4 Å². The van der Waals surface area contributed by atoms with Crippen LogP contribution in [0, 0.1) is 5.92 Å². The van der Waals surface area contributed by atoms with Gasteiger partial charge >= 0.3 is 5.97 Å². The number of carbonyl (C=O) groups is 3. The SMILES string of the molecule is CC(C)[C@H](S)C(=O)NC1(C(=O)NC(Cc2ccc(-c3ccoc3)nc2)C(=O)O)CCCC1. The zero-order valence-corrected chi connectivity index (χ0v) is 19.1. The Balaban J connectivity index is 1.70. The maximum Gasteiger partial charge on any atom is 0.326 e. The molecule has 172 valence electrons. The van der Waals surface area contributed by atoms with Gasteiger partial charge in [0.2, 0.25) is 11.8 Å². The Morgan fingerprint density at radius 3 is 2.47 bits per heavy atom. The van der Waals surface area contributed by atoms with Crippen LogP contribution in [0.2, 0.25) is 0 Å². The van der Waals surface area contributed by atoms with Gasteiger partial charge in [0.1, 0.15) is 11.6 Å². The molecule has 2 aromatic heterocycles. The number of nitrogens with one attached hydrogen (secondary N) is 2. The summed E-state index contributed by atoms with van der Waals surface area (Å²) in [5.41, 5.74) is 1.09. The number of nitrogens with zero attached hydrogens (tertiary/aromatic N) is 1. The van der Waals surface area contributed by atoms with Gasteiger partial charge in [-0.15, -0.1) is 0 Å². The summed E-state index contributed by atoms with van der Waals surface area (Å²) in [6, 6.07) is 4.19. The van der Waals surface area contributed by atoms with Crippen LogP contribution < -0.4 is 10.6 Å². The van der Waals surface area contributed by atoms with Crippen molar-refractivity contribution in [3.8, 4) is 11.3 Å². The molecule has 2 aromatic rings. The van der Waals surface area contributed by atoms with Gasteiger partial charge in [0.25, 0.3) is 0 Å². The van der Waals surface area contributed by atoms with Crippen molar-refractivity contribution < 1.29 is 23.9 Å². The van der Waals surface area contributed by atoms with Crippen molar-refractivity contribution in [1.82, 2.24) is 15.6 Å². The Labute approximate surface area is 192 Å². The van der Waals surface area contributed by atoms with E-state index in [1.54, 1.807) is 36.9 Å². The van der Waals surface area contributed by atoms with E-state index in [4.69, 9.17) is 4.42 Å². The maximum atomic E-state index is 13.2. The summed E-state index contributed by atoms with van der Waals surface area (Å²) in [7, 11) is 0. The van der Waals surface area contributed by atoms with E-state index in [0.29, 0.717) is 24.1 Å². The molecule has 0 saturated heterocycles. The fourth-order valence-corrected chi connectivity index (χ4v) is 3.92. The van der Waals surface area contributed by atoms with Crippen molar-refractivity contribution in [2.24, 2.45) is 5.92 Å². The molecule has 3 rings (SSSR count). The van der Waals surface area contributed by atoms with Crippen LogP contribution in [-0.2, 0) is 20.8 Å². The van der Waals surface area contributed by atoms with Gasteiger partial charge in [0.05, 0.1) is 23.5 Å².